The van der Waals surface area contributed by atoms with Gasteiger partial charge < -0.3 is 35.8 Å². The van der Waals surface area contributed by atoms with Crippen LogP contribution in [0.25, 0.3) is 0 Å². The monoisotopic (exact) mass is 535 g/mol. The van der Waals surface area contributed by atoms with Gasteiger partial charge in [-0.25, -0.2) is 4.79 Å². The van der Waals surface area contributed by atoms with Crippen molar-refractivity contribution >= 4 is 24.6 Å². The zero-order chi connectivity index (χ0) is 28.5. The molecule has 1 aliphatic rings. The summed E-state index contributed by atoms with van der Waals surface area (Å²) >= 11 is 0. The zero-order valence-corrected chi connectivity index (χ0v) is 22.2. The first-order valence-electron chi connectivity index (χ1n) is 12.6. The Morgan fingerprint density at radius 1 is 0.974 bits per heavy atom. The number of alkyl carbamates (subject to hydrolysis) is 1. The minimum absolute atomic E-state index is 0.200. The number of carbonyl (C=O) groups is 3. The first-order chi connectivity index (χ1) is 19.0. The quantitative estimate of drug-likeness (QED) is 0.325. The maximum absolute atomic E-state index is 12.3. The Kier molecular flexibility index (Phi) is 13.5. The molecule has 1 saturated heterocycles. The van der Waals surface area contributed by atoms with Gasteiger partial charge in [0.25, 0.3) is 0 Å². The van der Waals surface area contributed by atoms with Crippen LogP contribution in [0.2, 0.25) is 0 Å². The maximum atomic E-state index is 12.3. The Morgan fingerprint density at radius 3 is 2.10 bits per heavy atom. The Morgan fingerprint density at radius 2 is 1.56 bits per heavy atom. The maximum Gasteiger partial charge on any atom is 0.407 e. The molecule has 0 bridgehead atoms. The number of hydrogen-bond acceptors (Lipinski definition) is 7. The molecule has 1 aromatic heterocycles. The highest BCUT2D eigenvalue weighted by Gasteiger charge is 2.33. The number of furan rings is 1. The van der Waals surface area contributed by atoms with Crippen LogP contribution in [-0.2, 0) is 33.8 Å². The first-order valence-corrected chi connectivity index (χ1v) is 12.6. The normalized spacial score (nSPS) is 13.7. The van der Waals surface area contributed by atoms with E-state index >= 15 is 0 Å². The van der Waals surface area contributed by atoms with Crippen molar-refractivity contribution in [3.63, 3.8) is 0 Å². The van der Waals surface area contributed by atoms with Crippen molar-refractivity contribution < 1.29 is 23.5 Å². The molecule has 208 valence electrons. The third-order valence-electron chi connectivity index (χ3n) is 5.89. The third kappa shape index (κ3) is 10.4. The molecule has 4 rings (SSSR count). The van der Waals surface area contributed by atoms with Gasteiger partial charge in [-0.1, -0.05) is 60.7 Å². The van der Waals surface area contributed by atoms with Crippen LogP contribution in [0.3, 0.4) is 0 Å². The number of nitrogens with two attached hydrogens (primary N) is 1. The summed E-state index contributed by atoms with van der Waals surface area (Å²) in [5.74, 6) is 0.684. The second kappa shape index (κ2) is 17.1. The fourth-order valence-electron chi connectivity index (χ4n) is 4.01. The molecular formula is C29H37N5O5. The average molecular weight is 536 g/mol. The molecule has 1 unspecified atom stereocenters. The van der Waals surface area contributed by atoms with Crippen molar-refractivity contribution in [3.8, 4) is 0 Å². The summed E-state index contributed by atoms with van der Waals surface area (Å²) < 4.78 is 9.83. The number of benzene rings is 2. The Balaban J connectivity index is 0.000000298. The lowest BCUT2D eigenvalue weighted by atomic mass is 10.1. The molecule has 1 fully saturated rings. The second-order valence-corrected chi connectivity index (χ2v) is 8.53. The van der Waals surface area contributed by atoms with Crippen LogP contribution < -0.4 is 16.4 Å². The Labute approximate surface area is 229 Å². The fourth-order valence-corrected chi connectivity index (χ4v) is 4.01. The predicted octanol–water partition coefficient (Wildman–Crippen LogP) is 3.24. The minimum Gasteiger partial charge on any atom is -0.463 e. The summed E-state index contributed by atoms with van der Waals surface area (Å²) in [6.45, 7) is 3.32. The number of rotatable bonds is 8. The van der Waals surface area contributed by atoms with E-state index in [4.69, 9.17) is 15.6 Å². The third-order valence-corrected chi connectivity index (χ3v) is 5.89. The molecule has 3 amide bonds. The van der Waals surface area contributed by atoms with Crippen molar-refractivity contribution in [1.82, 2.24) is 15.5 Å². The van der Waals surface area contributed by atoms with Gasteiger partial charge in [-0.2, -0.15) is 0 Å². The molecule has 39 heavy (non-hydrogen) atoms. The number of carbonyl (C=O) groups excluding carboxylic acids is 3. The predicted molar refractivity (Wildman–Crippen MR) is 149 cm³/mol. The lowest BCUT2D eigenvalue weighted by molar-refractivity contribution is -0.137. The van der Waals surface area contributed by atoms with E-state index in [2.05, 4.69) is 82.8 Å². The number of hydrogen-bond donors (Lipinski definition) is 4. The summed E-state index contributed by atoms with van der Waals surface area (Å²) in [7, 11) is 1.22. The smallest absolute Gasteiger partial charge is 0.407 e. The van der Waals surface area contributed by atoms with Crippen LogP contribution in [0.1, 0.15) is 35.5 Å². The van der Waals surface area contributed by atoms with E-state index in [-0.39, 0.29) is 24.9 Å². The van der Waals surface area contributed by atoms with Crippen molar-refractivity contribution in [1.29, 1.82) is 5.41 Å². The van der Waals surface area contributed by atoms with Gasteiger partial charge in [0.1, 0.15) is 24.1 Å². The van der Waals surface area contributed by atoms with Crippen LogP contribution in [0.5, 0.6) is 0 Å². The van der Waals surface area contributed by atoms with E-state index in [0.717, 1.165) is 12.8 Å². The van der Waals surface area contributed by atoms with E-state index in [0.29, 0.717) is 31.0 Å². The number of nitrogens with zero attached hydrogens (tertiary/aromatic N) is 1. The van der Waals surface area contributed by atoms with Crippen LogP contribution in [-0.4, -0.2) is 55.8 Å². The first kappa shape index (κ1) is 30.8. The van der Waals surface area contributed by atoms with Crippen molar-refractivity contribution in [2.45, 2.75) is 38.4 Å². The van der Waals surface area contributed by atoms with Crippen molar-refractivity contribution in [2.75, 3.05) is 20.2 Å². The summed E-state index contributed by atoms with van der Waals surface area (Å²) in [6.07, 6.45) is 1.67. The van der Waals surface area contributed by atoms with E-state index in [1.54, 1.807) is 12.1 Å². The standard InChI is InChI=1S/C15H22N4O5.C13H12.CH3N/c1-23-15(22)18-9-13(20)19-6-2-3-12(19)14(21)17-8-11-5-4-10(7-16)24-11;1-3-7-12(8-4-1)11-13-9-5-2-6-10-13;1-2/h4-5,12H,2-3,6-9,16H2,1H3,(H,17,21)(H,18,22);1-10H,11H2;2H,1H2. The number of likely N-dealkylation sites (tertiary alicyclic amines) is 1. The van der Waals surface area contributed by atoms with Crippen molar-refractivity contribution in [3.05, 3.63) is 95.4 Å². The molecule has 2 heterocycles. The Hall–Kier alpha value is -4.44. The van der Waals surface area contributed by atoms with Crippen LogP contribution in [0.15, 0.2) is 77.2 Å². The van der Waals surface area contributed by atoms with Gasteiger partial charge in [-0.15, -0.1) is 0 Å². The van der Waals surface area contributed by atoms with Gasteiger partial charge in [-0.3, -0.25) is 9.59 Å². The molecule has 2 aromatic carbocycles. The van der Waals surface area contributed by atoms with Gasteiger partial charge in [0, 0.05) is 6.54 Å². The summed E-state index contributed by atoms with van der Waals surface area (Å²) in [4.78, 5) is 37.0. The SMILES string of the molecule is C=N.COC(=O)NCC(=O)N1CCCC1C(=O)NCc1ccc(CN)o1.c1ccc(Cc2ccccc2)cc1. The van der Waals surface area contributed by atoms with Crippen LogP contribution in [0, 0.1) is 5.41 Å². The number of methoxy groups -OCH3 is 1. The molecule has 0 aliphatic carbocycles. The number of amides is 3. The van der Waals surface area contributed by atoms with E-state index in [9.17, 15) is 14.4 Å². The fraction of sp³-hybridized carbons (Fsp3) is 0.310. The summed E-state index contributed by atoms with van der Waals surface area (Å²) in [6, 6.07) is 24.0. The van der Waals surface area contributed by atoms with E-state index < -0.39 is 12.1 Å². The summed E-state index contributed by atoms with van der Waals surface area (Å²) in [5, 5.41) is 10.6. The highest BCUT2D eigenvalue weighted by atomic mass is 16.5. The molecule has 0 spiro atoms. The molecule has 0 saturated carbocycles. The Bertz CT molecular complexity index is 1120. The highest BCUT2D eigenvalue weighted by Crippen LogP contribution is 2.18. The largest absolute Gasteiger partial charge is 0.463 e. The molecule has 1 aliphatic heterocycles. The van der Waals surface area contributed by atoms with Gasteiger partial charge in [0.15, 0.2) is 0 Å². The zero-order valence-electron chi connectivity index (χ0n) is 22.2. The molecule has 5 N–H and O–H groups in total. The van der Waals surface area contributed by atoms with E-state index in [1.165, 1.54) is 23.1 Å². The van der Waals surface area contributed by atoms with E-state index in [1.807, 2.05) is 0 Å². The summed E-state index contributed by atoms with van der Waals surface area (Å²) in [5.41, 5.74) is 8.20. The van der Waals surface area contributed by atoms with Crippen LogP contribution in [0.4, 0.5) is 4.79 Å². The van der Waals surface area contributed by atoms with Crippen molar-refractivity contribution in [2.24, 2.45) is 5.73 Å². The lowest BCUT2D eigenvalue weighted by Crippen LogP contribution is -2.48. The second-order valence-electron chi connectivity index (χ2n) is 8.53. The topological polar surface area (TPSA) is 151 Å². The highest BCUT2D eigenvalue weighted by molar-refractivity contribution is 5.90. The van der Waals surface area contributed by atoms with Gasteiger partial charge >= 0.3 is 6.09 Å². The molecule has 1 atom stereocenters. The molecule has 3 aromatic rings. The number of ether oxygens (including phenoxy) is 1. The number of nitrogens with one attached hydrogen (secondary N) is 3. The lowest BCUT2D eigenvalue weighted by Gasteiger charge is -2.23. The molecule has 10 heteroatoms. The molecular weight excluding hydrogens is 498 g/mol. The van der Waals surface area contributed by atoms with Crippen LogP contribution >= 0.6 is 0 Å². The molecule has 10 nitrogen and oxygen atoms in total. The van der Waals surface area contributed by atoms with Gasteiger partial charge in [0.05, 0.1) is 20.2 Å². The minimum atomic E-state index is -0.683. The van der Waals surface area contributed by atoms with Gasteiger partial charge in [0.2, 0.25) is 11.8 Å². The van der Waals surface area contributed by atoms with Gasteiger partial charge in [-0.05, 0) is 49.2 Å². The molecule has 0 radical (unpaired) electrons. The average Bonchev–Trinajstić information content (AvgIpc) is 3.67.